The van der Waals surface area contributed by atoms with Gasteiger partial charge in [-0.15, -0.1) is 0 Å². The van der Waals surface area contributed by atoms with Crippen molar-refractivity contribution < 1.29 is 23.6 Å². The molecule has 2 N–H and O–H groups in total. The van der Waals surface area contributed by atoms with Crippen LogP contribution in [0.2, 0.25) is 0 Å². The summed E-state index contributed by atoms with van der Waals surface area (Å²) in [6.07, 6.45) is 0.768. The molecule has 1 aliphatic heterocycles. The predicted octanol–water partition coefficient (Wildman–Crippen LogP) is 3.30. The molecule has 0 radical (unpaired) electrons. The Labute approximate surface area is 168 Å². The highest BCUT2D eigenvalue weighted by atomic mass is 19.1. The maximum absolute atomic E-state index is 14.4. The Hall–Kier alpha value is -2.91. The van der Waals surface area contributed by atoms with Crippen LogP contribution in [0.15, 0.2) is 12.1 Å². The Morgan fingerprint density at radius 3 is 2.66 bits per heavy atom. The van der Waals surface area contributed by atoms with Crippen molar-refractivity contribution in [1.29, 1.82) is 0 Å². The first-order valence-corrected chi connectivity index (χ1v) is 9.52. The molecule has 9 nitrogen and oxygen atoms in total. The van der Waals surface area contributed by atoms with Crippen molar-refractivity contribution in [1.82, 2.24) is 10.2 Å². The number of nitrogens with zero attached hydrogens (tertiary/aromatic N) is 2. The Bertz CT molecular complexity index is 794. The smallest absolute Gasteiger partial charge is 0.410 e. The van der Waals surface area contributed by atoms with Crippen molar-refractivity contribution >= 4 is 23.4 Å². The van der Waals surface area contributed by atoms with Gasteiger partial charge in [-0.2, -0.15) is 0 Å². The first-order chi connectivity index (χ1) is 13.5. The number of benzene rings is 1. The SMILES string of the molecule is CCNc1cc(F)c(C(=O)NC2CCCN(C(=O)OC(C)(C)C)C2)cc1[N+](=O)[O-]. The number of hydrogen-bond donors (Lipinski definition) is 2. The number of halogens is 1. The van der Waals surface area contributed by atoms with Gasteiger partial charge in [-0.05, 0) is 40.5 Å². The molecule has 0 spiro atoms. The van der Waals surface area contributed by atoms with Crippen LogP contribution in [0.3, 0.4) is 0 Å². The van der Waals surface area contributed by atoms with Gasteiger partial charge in [0.05, 0.1) is 10.5 Å². The first-order valence-electron chi connectivity index (χ1n) is 9.52. The molecule has 2 rings (SSSR count). The highest BCUT2D eigenvalue weighted by molar-refractivity contribution is 5.96. The number of hydrogen-bond acceptors (Lipinski definition) is 6. The zero-order valence-corrected chi connectivity index (χ0v) is 17.1. The molecule has 1 fully saturated rings. The highest BCUT2D eigenvalue weighted by Gasteiger charge is 2.30. The van der Waals surface area contributed by atoms with Crippen LogP contribution < -0.4 is 10.6 Å². The van der Waals surface area contributed by atoms with Gasteiger partial charge in [-0.3, -0.25) is 14.9 Å². The van der Waals surface area contributed by atoms with E-state index in [0.29, 0.717) is 25.9 Å². The van der Waals surface area contributed by atoms with Crippen molar-refractivity contribution in [3.63, 3.8) is 0 Å². The molecule has 1 atom stereocenters. The number of rotatable bonds is 5. The van der Waals surface area contributed by atoms with Crippen molar-refractivity contribution in [3.8, 4) is 0 Å². The van der Waals surface area contributed by atoms with Crippen LogP contribution >= 0.6 is 0 Å². The summed E-state index contributed by atoms with van der Waals surface area (Å²) >= 11 is 0. The number of likely N-dealkylation sites (tertiary alicyclic amines) is 1. The zero-order chi connectivity index (χ0) is 21.8. The average molecular weight is 410 g/mol. The molecule has 29 heavy (non-hydrogen) atoms. The molecular weight excluding hydrogens is 383 g/mol. The Morgan fingerprint density at radius 2 is 2.07 bits per heavy atom. The van der Waals surface area contributed by atoms with E-state index in [1.165, 1.54) is 4.90 Å². The van der Waals surface area contributed by atoms with Gasteiger partial charge in [-0.1, -0.05) is 0 Å². The minimum atomic E-state index is -0.858. The van der Waals surface area contributed by atoms with E-state index < -0.39 is 39.9 Å². The van der Waals surface area contributed by atoms with E-state index in [2.05, 4.69) is 10.6 Å². The Morgan fingerprint density at radius 1 is 1.38 bits per heavy atom. The van der Waals surface area contributed by atoms with Gasteiger partial charge in [0.2, 0.25) is 0 Å². The highest BCUT2D eigenvalue weighted by Crippen LogP contribution is 2.28. The lowest BCUT2D eigenvalue weighted by Crippen LogP contribution is -2.50. The second-order valence-electron chi connectivity index (χ2n) is 7.88. The number of nitro benzene ring substituents is 1. The summed E-state index contributed by atoms with van der Waals surface area (Å²) in [7, 11) is 0. The number of anilines is 1. The molecule has 1 unspecified atom stereocenters. The van der Waals surface area contributed by atoms with E-state index in [1.807, 2.05) is 0 Å². The number of nitrogens with one attached hydrogen (secondary N) is 2. The topological polar surface area (TPSA) is 114 Å². The maximum Gasteiger partial charge on any atom is 0.410 e. The fraction of sp³-hybridized carbons (Fsp3) is 0.579. The molecule has 0 bridgehead atoms. The molecule has 0 aliphatic carbocycles. The summed E-state index contributed by atoms with van der Waals surface area (Å²) in [5.74, 6) is -1.62. The lowest BCUT2D eigenvalue weighted by molar-refractivity contribution is -0.384. The lowest BCUT2D eigenvalue weighted by Gasteiger charge is -2.34. The number of piperidine rings is 1. The summed E-state index contributed by atoms with van der Waals surface area (Å²) < 4.78 is 19.7. The van der Waals surface area contributed by atoms with Gasteiger partial charge in [0, 0.05) is 37.8 Å². The number of nitro groups is 1. The van der Waals surface area contributed by atoms with E-state index in [9.17, 15) is 24.1 Å². The van der Waals surface area contributed by atoms with Crippen LogP contribution in [-0.4, -0.2) is 53.1 Å². The molecule has 1 aromatic rings. The molecule has 1 aliphatic rings. The summed E-state index contributed by atoms with van der Waals surface area (Å²) in [4.78, 5) is 36.9. The van der Waals surface area contributed by atoms with Crippen LogP contribution in [0.25, 0.3) is 0 Å². The van der Waals surface area contributed by atoms with Crippen molar-refractivity contribution in [2.75, 3.05) is 25.0 Å². The van der Waals surface area contributed by atoms with Crippen molar-refractivity contribution in [3.05, 3.63) is 33.6 Å². The monoisotopic (exact) mass is 410 g/mol. The standard InChI is InChI=1S/C19H27FN4O5/c1-5-21-15-10-14(20)13(9-16(15)24(27)28)17(25)22-12-7-6-8-23(11-12)18(26)29-19(2,3)4/h9-10,12,21H,5-8,11H2,1-4H3,(H,22,25). The largest absolute Gasteiger partial charge is 0.444 e. The third-order valence-corrected chi connectivity index (χ3v) is 4.30. The van der Waals surface area contributed by atoms with Crippen LogP contribution in [0.5, 0.6) is 0 Å². The van der Waals surface area contributed by atoms with Gasteiger partial charge < -0.3 is 20.3 Å². The molecule has 10 heteroatoms. The number of ether oxygens (including phenoxy) is 1. The molecule has 1 heterocycles. The number of carbonyl (C=O) groups is 2. The van der Waals surface area contributed by atoms with Crippen LogP contribution in [0.1, 0.15) is 50.9 Å². The zero-order valence-electron chi connectivity index (χ0n) is 17.1. The van der Waals surface area contributed by atoms with Crippen LogP contribution in [-0.2, 0) is 4.74 Å². The quantitative estimate of drug-likeness (QED) is 0.569. The second-order valence-corrected chi connectivity index (χ2v) is 7.88. The molecule has 160 valence electrons. The number of amides is 2. The fourth-order valence-electron chi connectivity index (χ4n) is 3.07. The first kappa shape index (κ1) is 22.4. The minimum Gasteiger partial charge on any atom is -0.444 e. The second kappa shape index (κ2) is 9.06. The summed E-state index contributed by atoms with van der Waals surface area (Å²) in [5, 5.41) is 16.6. The van der Waals surface area contributed by atoms with E-state index in [1.54, 1.807) is 27.7 Å². The molecule has 0 aromatic heterocycles. The van der Waals surface area contributed by atoms with Gasteiger partial charge in [-0.25, -0.2) is 9.18 Å². The fourth-order valence-corrected chi connectivity index (χ4v) is 3.07. The third kappa shape index (κ3) is 6.03. The molecule has 1 aromatic carbocycles. The van der Waals surface area contributed by atoms with Crippen LogP contribution in [0, 0.1) is 15.9 Å². The van der Waals surface area contributed by atoms with Crippen LogP contribution in [0.4, 0.5) is 20.6 Å². The Kier molecular flexibility index (Phi) is 6.99. The van der Waals surface area contributed by atoms with Gasteiger partial charge in [0.1, 0.15) is 17.1 Å². The van der Waals surface area contributed by atoms with Gasteiger partial charge >= 0.3 is 6.09 Å². The minimum absolute atomic E-state index is 0.0142. The summed E-state index contributed by atoms with van der Waals surface area (Å²) in [6.45, 7) is 8.11. The van der Waals surface area contributed by atoms with Gasteiger partial charge in [0.15, 0.2) is 0 Å². The summed E-state index contributed by atoms with van der Waals surface area (Å²) in [5.41, 5.74) is -1.41. The van der Waals surface area contributed by atoms with Gasteiger partial charge in [0.25, 0.3) is 11.6 Å². The van der Waals surface area contributed by atoms with E-state index in [4.69, 9.17) is 4.74 Å². The predicted molar refractivity (Wildman–Crippen MR) is 106 cm³/mol. The Balaban J connectivity index is 2.12. The number of carbonyl (C=O) groups excluding carboxylic acids is 2. The van der Waals surface area contributed by atoms with E-state index in [-0.39, 0.29) is 17.9 Å². The molecular formula is C19H27FN4O5. The molecule has 1 saturated heterocycles. The average Bonchev–Trinajstić information content (AvgIpc) is 2.60. The lowest BCUT2D eigenvalue weighted by atomic mass is 10.0. The molecule has 0 saturated carbocycles. The third-order valence-electron chi connectivity index (χ3n) is 4.30. The normalized spacial score (nSPS) is 16.9. The van der Waals surface area contributed by atoms with Crippen molar-refractivity contribution in [2.24, 2.45) is 0 Å². The summed E-state index contributed by atoms with van der Waals surface area (Å²) in [6, 6.07) is 1.47. The maximum atomic E-state index is 14.4. The molecule has 2 amide bonds. The van der Waals surface area contributed by atoms with E-state index >= 15 is 0 Å². The van der Waals surface area contributed by atoms with E-state index in [0.717, 1.165) is 12.1 Å². The van der Waals surface area contributed by atoms with Crippen molar-refractivity contribution in [2.45, 2.75) is 52.2 Å².